The maximum atomic E-state index is 10.5. The summed E-state index contributed by atoms with van der Waals surface area (Å²) in [7, 11) is 0. The highest BCUT2D eigenvalue weighted by Crippen LogP contribution is 2.17. The van der Waals surface area contributed by atoms with Crippen LogP contribution in [0.1, 0.15) is 38.5 Å². The van der Waals surface area contributed by atoms with E-state index in [2.05, 4.69) is 4.90 Å². The molecule has 0 unspecified atom stereocenters. The Bertz CT molecular complexity index is 428. The van der Waals surface area contributed by atoms with Gasteiger partial charge < -0.3 is 9.64 Å². The molecule has 0 aromatic heterocycles. The molecule has 1 aromatic carbocycles. The molecule has 0 spiro atoms. The van der Waals surface area contributed by atoms with Gasteiger partial charge in [-0.05, 0) is 63.9 Å². The lowest BCUT2D eigenvalue weighted by atomic mass is 10.1. The summed E-state index contributed by atoms with van der Waals surface area (Å²) in [6.45, 7) is 4.41. The molecule has 1 fully saturated rings. The summed E-state index contributed by atoms with van der Waals surface area (Å²) in [6.07, 6.45) is 7.52. The van der Waals surface area contributed by atoms with Gasteiger partial charge in [0.15, 0.2) is 0 Å². The second-order valence-corrected chi connectivity index (χ2v) is 5.56. The number of hydrogen-bond acceptors (Lipinski definition) is 4. The minimum Gasteiger partial charge on any atom is -0.494 e. The summed E-state index contributed by atoms with van der Waals surface area (Å²) >= 11 is 0. The Morgan fingerprint density at radius 3 is 2.43 bits per heavy atom. The van der Waals surface area contributed by atoms with E-state index in [0.29, 0.717) is 12.4 Å². The minimum absolute atomic E-state index is 0.101. The Kier molecular flexibility index (Phi) is 6.47. The molecule has 1 saturated heterocycles. The number of hydrogen-bond donors (Lipinski definition) is 0. The number of likely N-dealkylation sites (tertiary alicyclic amines) is 1. The molecular weight excluding hydrogens is 268 g/mol. The topological polar surface area (TPSA) is 55.6 Å². The first-order valence-electron chi connectivity index (χ1n) is 7.85. The highest BCUT2D eigenvalue weighted by Gasteiger charge is 2.08. The van der Waals surface area contributed by atoms with Crippen molar-refractivity contribution >= 4 is 5.69 Å². The molecule has 5 nitrogen and oxygen atoms in total. The molecule has 0 aliphatic carbocycles. The summed E-state index contributed by atoms with van der Waals surface area (Å²) < 4.78 is 5.60. The number of piperidine rings is 1. The Labute approximate surface area is 126 Å². The first-order chi connectivity index (χ1) is 10.3. The zero-order valence-corrected chi connectivity index (χ0v) is 12.5. The molecule has 5 heteroatoms. The third-order valence-electron chi connectivity index (χ3n) is 3.88. The molecule has 2 rings (SSSR count). The van der Waals surface area contributed by atoms with Crippen LogP contribution in [0.3, 0.4) is 0 Å². The number of rotatable bonds is 8. The number of benzene rings is 1. The van der Waals surface area contributed by atoms with Gasteiger partial charge in [0.05, 0.1) is 11.5 Å². The number of ether oxygens (including phenoxy) is 1. The van der Waals surface area contributed by atoms with Crippen molar-refractivity contribution < 1.29 is 9.66 Å². The smallest absolute Gasteiger partial charge is 0.269 e. The highest BCUT2D eigenvalue weighted by molar-refractivity contribution is 5.35. The van der Waals surface area contributed by atoms with Crippen molar-refractivity contribution in [3.05, 3.63) is 34.4 Å². The van der Waals surface area contributed by atoms with Crippen LogP contribution < -0.4 is 4.74 Å². The van der Waals surface area contributed by atoms with Crippen molar-refractivity contribution in [3.63, 3.8) is 0 Å². The summed E-state index contributed by atoms with van der Waals surface area (Å²) in [5.41, 5.74) is 0.101. The van der Waals surface area contributed by atoms with Crippen LogP contribution >= 0.6 is 0 Å². The van der Waals surface area contributed by atoms with E-state index >= 15 is 0 Å². The van der Waals surface area contributed by atoms with E-state index in [1.54, 1.807) is 12.1 Å². The van der Waals surface area contributed by atoms with Crippen LogP contribution in [-0.2, 0) is 0 Å². The average molecular weight is 292 g/mol. The molecule has 1 aliphatic heterocycles. The largest absolute Gasteiger partial charge is 0.494 e. The monoisotopic (exact) mass is 292 g/mol. The lowest BCUT2D eigenvalue weighted by Crippen LogP contribution is -2.30. The fourth-order valence-electron chi connectivity index (χ4n) is 2.65. The zero-order chi connectivity index (χ0) is 14.9. The summed E-state index contributed by atoms with van der Waals surface area (Å²) in [6, 6.07) is 6.27. The molecule has 1 heterocycles. The van der Waals surface area contributed by atoms with Crippen LogP contribution in [0.2, 0.25) is 0 Å². The van der Waals surface area contributed by atoms with E-state index in [0.717, 1.165) is 6.42 Å². The molecule has 0 bridgehead atoms. The molecule has 116 valence electrons. The molecule has 0 radical (unpaired) electrons. The van der Waals surface area contributed by atoms with Crippen molar-refractivity contribution in [1.82, 2.24) is 4.90 Å². The van der Waals surface area contributed by atoms with Crippen LogP contribution in [0.4, 0.5) is 5.69 Å². The normalized spacial score (nSPS) is 15.8. The molecule has 1 aromatic rings. The van der Waals surface area contributed by atoms with Crippen molar-refractivity contribution in [1.29, 1.82) is 0 Å². The van der Waals surface area contributed by atoms with Crippen LogP contribution in [-0.4, -0.2) is 36.1 Å². The van der Waals surface area contributed by atoms with E-state index in [-0.39, 0.29) is 5.69 Å². The molecule has 0 N–H and O–H groups in total. The Morgan fingerprint density at radius 1 is 1.05 bits per heavy atom. The fraction of sp³-hybridized carbons (Fsp3) is 0.625. The highest BCUT2D eigenvalue weighted by atomic mass is 16.6. The van der Waals surface area contributed by atoms with Gasteiger partial charge in [-0.15, -0.1) is 0 Å². The lowest BCUT2D eigenvalue weighted by Gasteiger charge is -2.26. The standard InChI is InChI=1S/C16H24N2O3/c19-18(20)15-7-9-16(10-8-15)21-14-6-2-5-13-17-11-3-1-4-12-17/h7-10H,1-6,11-14H2. The van der Waals surface area contributed by atoms with Crippen molar-refractivity contribution in [3.8, 4) is 5.75 Å². The van der Waals surface area contributed by atoms with Crippen molar-refractivity contribution in [2.45, 2.75) is 38.5 Å². The maximum Gasteiger partial charge on any atom is 0.269 e. The molecule has 1 aliphatic rings. The van der Waals surface area contributed by atoms with Crippen LogP contribution in [0.25, 0.3) is 0 Å². The summed E-state index contributed by atoms with van der Waals surface area (Å²) in [4.78, 5) is 12.7. The Hall–Kier alpha value is -1.62. The number of nitro groups is 1. The van der Waals surface area contributed by atoms with E-state index < -0.39 is 4.92 Å². The van der Waals surface area contributed by atoms with Crippen LogP contribution in [0, 0.1) is 10.1 Å². The van der Waals surface area contributed by atoms with Gasteiger partial charge in [0, 0.05) is 12.1 Å². The van der Waals surface area contributed by atoms with Gasteiger partial charge in [-0.25, -0.2) is 0 Å². The number of unbranched alkanes of at least 4 members (excludes halogenated alkanes) is 2. The summed E-state index contributed by atoms with van der Waals surface area (Å²) in [5.74, 6) is 0.705. The summed E-state index contributed by atoms with van der Waals surface area (Å²) in [5, 5.41) is 10.5. The van der Waals surface area contributed by atoms with Crippen molar-refractivity contribution in [2.24, 2.45) is 0 Å². The third kappa shape index (κ3) is 5.71. The SMILES string of the molecule is O=[N+]([O-])c1ccc(OCCCCCN2CCCCC2)cc1. The van der Waals surface area contributed by atoms with E-state index in [1.165, 1.54) is 63.9 Å². The lowest BCUT2D eigenvalue weighted by molar-refractivity contribution is -0.384. The molecule has 0 saturated carbocycles. The molecular formula is C16H24N2O3. The van der Waals surface area contributed by atoms with Gasteiger partial charge >= 0.3 is 0 Å². The minimum atomic E-state index is -0.398. The van der Waals surface area contributed by atoms with Gasteiger partial charge in [-0.2, -0.15) is 0 Å². The molecule has 0 atom stereocenters. The predicted octanol–water partition coefficient (Wildman–Crippen LogP) is 3.63. The van der Waals surface area contributed by atoms with Gasteiger partial charge in [0.25, 0.3) is 5.69 Å². The van der Waals surface area contributed by atoms with Crippen molar-refractivity contribution in [2.75, 3.05) is 26.2 Å². The quantitative estimate of drug-likeness (QED) is 0.417. The van der Waals surface area contributed by atoms with E-state index in [1.807, 2.05) is 0 Å². The number of nitrogens with zero attached hydrogens (tertiary/aromatic N) is 2. The average Bonchev–Trinajstić information content (AvgIpc) is 2.52. The van der Waals surface area contributed by atoms with Gasteiger partial charge in [-0.1, -0.05) is 6.42 Å². The Morgan fingerprint density at radius 2 is 1.76 bits per heavy atom. The van der Waals surface area contributed by atoms with E-state index in [4.69, 9.17) is 4.74 Å². The Balaban J connectivity index is 1.54. The van der Waals surface area contributed by atoms with Gasteiger partial charge in [0.1, 0.15) is 5.75 Å². The van der Waals surface area contributed by atoms with Gasteiger partial charge in [0.2, 0.25) is 0 Å². The second kappa shape index (κ2) is 8.62. The van der Waals surface area contributed by atoms with E-state index in [9.17, 15) is 10.1 Å². The predicted molar refractivity (Wildman–Crippen MR) is 82.7 cm³/mol. The third-order valence-corrected chi connectivity index (χ3v) is 3.88. The second-order valence-electron chi connectivity index (χ2n) is 5.56. The molecule has 21 heavy (non-hydrogen) atoms. The van der Waals surface area contributed by atoms with Crippen LogP contribution in [0.5, 0.6) is 5.75 Å². The zero-order valence-electron chi connectivity index (χ0n) is 12.5. The number of nitro benzene ring substituents is 1. The fourth-order valence-corrected chi connectivity index (χ4v) is 2.65. The maximum absolute atomic E-state index is 10.5. The van der Waals surface area contributed by atoms with Crippen LogP contribution in [0.15, 0.2) is 24.3 Å². The number of non-ortho nitro benzene ring substituents is 1. The molecule has 0 amide bonds. The first kappa shape index (κ1) is 15.8. The van der Waals surface area contributed by atoms with Gasteiger partial charge in [-0.3, -0.25) is 10.1 Å². The first-order valence-corrected chi connectivity index (χ1v) is 7.85.